The van der Waals surface area contributed by atoms with Gasteiger partial charge in [-0.15, -0.1) is 0 Å². The van der Waals surface area contributed by atoms with Crippen molar-refractivity contribution in [3.05, 3.63) is 66.1 Å². The number of nitrogens with zero attached hydrogens (tertiary/aromatic N) is 1. The van der Waals surface area contributed by atoms with Gasteiger partial charge in [-0.05, 0) is 46.1 Å². The highest BCUT2D eigenvalue weighted by Gasteiger charge is 2.29. The Bertz CT molecular complexity index is 891. The molecule has 0 radical (unpaired) electrons. The second kappa shape index (κ2) is 5.90. The Morgan fingerprint density at radius 2 is 1.96 bits per heavy atom. The number of rotatable bonds is 2. The fourth-order valence-electron chi connectivity index (χ4n) is 2.50. The summed E-state index contributed by atoms with van der Waals surface area (Å²) in [4.78, 5) is 22.8. The van der Waals surface area contributed by atoms with Crippen LogP contribution in [0.2, 0.25) is 0 Å². The number of non-ortho nitro benzene ring substituents is 1. The van der Waals surface area contributed by atoms with Crippen LogP contribution in [0.1, 0.15) is 16.7 Å². The number of halogens is 2. The Balaban J connectivity index is 2.18. The van der Waals surface area contributed by atoms with Crippen LogP contribution in [0.3, 0.4) is 0 Å². The van der Waals surface area contributed by atoms with Gasteiger partial charge in [0.25, 0.3) is 11.6 Å². The molecule has 0 bridgehead atoms. The van der Waals surface area contributed by atoms with Gasteiger partial charge in [0, 0.05) is 32.2 Å². The van der Waals surface area contributed by atoms with E-state index in [9.17, 15) is 14.9 Å². The van der Waals surface area contributed by atoms with Crippen molar-refractivity contribution in [3.63, 3.8) is 0 Å². The van der Waals surface area contributed by atoms with E-state index in [0.717, 1.165) is 20.1 Å². The quantitative estimate of drug-likeness (QED) is 0.411. The third-order valence-corrected chi connectivity index (χ3v) is 5.07. The fraction of sp³-hybridized carbons (Fsp3) is 0.0625. The van der Waals surface area contributed by atoms with Crippen LogP contribution in [0.4, 0.5) is 11.4 Å². The van der Waals surface area contributed by atoms with Gasteiger partial charge in [-0.2, -0.15) is 0 Å². The number of nitro benzene ring substituents is 1. The molecule has 0 saturated carbocycles. The molecule has 1 amide bonds. The van der Waals surface area contributed by atoms with Gasteiger partial charge in [0.05, 0.1) is 10.6 Å². The summed E-state index contributed by atoms with van der Waals surface area (Å²) in [5, 5.41) is 13.7. The lowest BCUT2D eigenvalue weighted by Crippen LogP contribution is -2.03. The molecule has 2 aromatic rings. The summed E-state index contributed by atoms with van der Waals surface area (Å²) in [6, 6.07) is 8.07. The lowest BCUT2D eigenvalue weighted by molar-refractivity contribution is -0.384. The maximum Gasteiger partial charge on any atom is 0.270 e. The molecule has 0 aliphatic carbocycles. The maximum absolute atomic E-state index is 12.3. The van der Waals surface area contributed by atoms with E-state index in [0.29, 0.717) is 16.8 Å². The average Bonchev–Trinajstić information content (AvgIpc) is 2.83. The second-order valence-corrected chi connectivity index (χ2v) is 6.79. The molecule has 2 aromatic carbocycles. The van der Waals surface area contributed by atoms with Crippen LogP contribution < -0.4 is 5.32 Å². The van der Waals surface area contributed by atoms with E-state index >= 15 is 0 Å². The molecule has 0 aromatic heterocycles. The molecule has 0 atom stereocenters. The van der Waals surface area contributed by atoms with Gasteiger partial charge in [-0.1, -0.05) is 28.1 Å². The Morgan fingerprint density at radius 1 is 1.22 bits per heavy atom. The SMILES string of the molecule is Cc1c(Br)cc(Br)c2c1C(=Cc1cccc([N+](=O)[O-])c1)C(=O)N2. The van der Waals surface area contributed by atoms with Crippen molar-refractivity contribution in [2.24, 2.45) is 0 Å². The highest BCUT2D eigenvalue weighted by Crippen LogP contribution is 2.43. The van der Waals surface area contributed by atoms with Crippen LogP contribution in [0.15, 0.2) is 39.3 Å². The first-order chi connectivity index (χ1) is 10.9. The minimum Gasteiger partial charge on any atom is -0.320 e. The van der Waals surface area contributed by atoms with E-state index in [-0.39, 0.29) is 11.6 Å². The zero-order valence-corrected chi connectivity index (χ0v) is 15.1. The van der Waals surface area contributed by atoms with Gasteiger partial charge in [0.15, 0.2) is 0 Å². The smallest absolute Gasteiger partial charge is 0.270 e. The van der Waals surface area contributed by atoms with Crippen LogP contribution in [0.5, 0.6) is 0 Å². The summed E-state index contributed by atoms with van der Waals surface area (Å²) in [5.41, 5.74) is 3.52. The van der Waals surface area contributed by atoms with Crippen molar-refractivity contribution in [3.8, 4) is 0 Å². The van der Waals surface area contributed by atoms with Crippen LogP contribution in [-0.2, 0) is 4.79 Å². The summed E-state index contributed by atoms with van der Waals surface area (Å²) in [6.45, 7) is 1.91. The topological polar surface area (TPSA) is 72.2 Å². The number of hydrogen-bond donors (Lipinski definition) is 1. The van der Waals surface area contributed by atoms with Gasteiger partial charge in [0.2, 0.25) is 0 Å². The van der Waals surface area contributed by atoms with Crippen molar-refractivity contribution in [2.45, 2.75) is 6.92 Å². The normalized spacial score (nSPS) is 14.7. The summed E-state index contributed by atoms with van der Waals surface area (Å²) in [6.07, 6.45) is 1.67. The highest BCUT2D eigenvalue weighted by atomic mass is 79.9. The Morgan fingerprint density at radius 3 is 2.65 bits per heavy atom. The number of anilines is 1. The van der Waals surface area contributed by atoms with Crippen LogP contribution in [0.25, 0.3) is 11.6 Å². The van der Waals surface area contributed by atoms with Crippen molar-refractivity contribution >= 4 is 60.8 Å². The molecule has 0 saturated heterocycles. The minimum atomic E-state index is -0.455. The molecule has 116 valence electrons. The summed E-state index contributed by atoms with van der Waals surface area (Å²) < 4.78 is 1.66. The number of benzene rings is 2. The molecule has 1 aliphatic heterocycles. The molecule has 5 nitrogen and oxygen atoms in total. The predicted octanol–water partition coefficient (Wildman–Crippen LogP) is 4.92. The van der Waals surface area contributed by atoms with E-state index < -0.39 is 4.92 Å². The number of carbonyl (C=O) groups is 1. The number of nitro groups is 1. The highest BCUT2D eigenvalue weighted by molar-refractivity contribution is 9.11. The van der Waals surface area contributed by atoms with Gasteiger partial charge in [0.1, 0.15) is 0 Å². The van der Waals surface area contributed by atoms with Crippen molar-refractivity contribution in [1.82, 2.24) is 0 Å². The molecule has 23 heavy (non-hydrogen) atoms. The van der Waals surface area contributed by atoms with Gasteiger partial charge >= 0.3 is 0 Å². The number of amides is 1. The molecular formula is C16H10Br2N2O3. The molecule has 3 rings (SSSR count). The van der Waals surface area contributed by atoms with E-state index in [2.05, 4.69) is 37.2 Å². The third kappa shape index (κ3) is 2.82. The predicted molar refractivity (Wildman–Crippen MR) is 96.2 cm³/mol. The fourth-order valence-corrected chi connectivity index (χ4v) is 3.76. The number of carbonyl (C=O) groups excluding carboxylic acids is 1. The van der Waals surface area contributed by atoms with Crippen LogP contribution in [0, 0.1) is 17.0 Å². The second-order valence-electron chi connectivity index (χ2n) is 5.08. The molecular weight excluding hydrogens is 428 g/mol. The summed E-state index contributed by atoms with van der Waals surface area (Å²) in [5.74, 6) is -0.228. The van der Waals surface area contributed by atoms with Gasteiger partial charge in [-0.25, -0.2) is 0 Å². The zero-order valence-electron chi connectivity index (χ0n) is 11.9. The van der Waals surface area contributed by atoms with E-state index in [1.807, 2.05) is 13.0 Å². The van der Waals surface area contributed by atoms with E-state index in [1.165, 1.54) is 12.1 Å². The van der Waals surface area contributed by atoms with Gasteiger partial charge < -0.3 is 5.32 Å². The van der Waals surface area contributed by atoms with Crippen LogP contribution >= 0.6 is 31.9 Å². The molecule has 0 unspecified atom stereocenters. The first kappa shape index (κ1) is 15.9. The standard InChI is InChI=1S/C16H10Br2N2O3/c1-8-12(17)7-13(18)15-14(8)11(16(21)19-15)6-9-3-2-4-10(5-9)20(22)23/h2-7H,1H3,(H,19,21). The molecule has 7 heteroatoms. The van der Waals surface area contributed by atoms with E-state index in [4.69, 9.17) is 0 Å². The lowest BCUT2D eigenvalue weighted by Gasteiger charge is -2.08. The molecule has 0 fully saturated rings. The van der Waals surface area contributed by atoms with Crippen molar-refractivity contribution in [1.29, 1.82) is 0 Å². The minimum absolute atomic E-state index is 0.00915. The number of fused-ring (bicyclic) bond motifs is 1. The maximum atomic E-state index is 12.3. The van der Waals surface area contributed by atoms with Crippen molar-refractivity contribution < 1.29 is 9.72 Å². The molecule has 1 aliphatic rings. The lowest BCUT2D eigenvalue weighted by atomic mass is 9.99. The first-order valence-corrected chi connectivity index (χ1v) is 8.23. The van der Waals surface area contributed by atoms with Crippen molar-refractivity contribution in [2.75, 3.05) is 5.32 Å². The molecule has 1 N–H and O–H groups in total. The number of hydrogen-bond acceptors (Lipinski definition) is 3. The molecule has 1 heterocycles. The summed E-state index contributed by atoms with van der Waals surface area (Å²) >= 11 is 6.92. The molecule has 0 spiro atoms. The van der Waals surface area contributed by atoms with Gasteiger partial charge in [-0.3, -0.25) is 14.9 Å². The summed E-state index contributed by atoms with van der Waals surface area (Å²) in [7, 11) is 0. The average molecular weight is 438 g/mol. The first-order valence-electron chi connectivity index (χ1n) is 6.65. The Labute approximate surface area is 148 Å². The monoisotopic (exact) mass is 436 g/mol. The Hall–Kier alpha value is -1.99. The zero-order chi connectivity index (χ0) is 16.7. The largest absolute Gasteiger partial charge is 0.320 e. The van der Waals surface area contributed by atoms with E-state index in [1.54, 1.807) is 18.2 Å². The third-order valence-electron chi connectivity index (χ3n) is 3.62. The number of nitrogens with one attached hydrogen (secondary N) is 1. The van der Waals surface area contributed by atoms with Crippen LogP contribution in [-0.4, -0.2) is 10.8 Å². The Kier molecular flexibility index (Phi) is 4.08.